The molecule has 1 amide bonds. The van der Waals surface area contributed by atoms with Crippen molar-refractivity contribution in [2.45, 2.75) is 65.8 Å². The summed E-state index contributed by atoms with van der Waals surface area (Å²) >= 11 is 0. The third-order valence-electron chi connectivity index (χ3n) is 5.85. The van der Waals surface area contributed by atoms with E-state index >= 15 is 0 Å². The summed E-state index contributed by atoms with van der Waals surface area (Å²) in [5.74, 6) is -0.694. The van der Waals surface area contributed by atoms with Crippen molar-refractivity contribution in [2.24, 2.45) is 11.8 Å². The van der Waals surface area contributed by atoms with Crippen LogP contribution in [-0.4, -0.2) is 40.7 Å². The van der Waals surface area contributed by atoms with E-state index in [0.29, 0.717) is 5.92 Å². The number of hydrogen-bond acceptors (Lipinski definition) is 5. The number of carbonyl (C=O) groups excluding carboxylic acids is 2. The largest absolute Gasteiger partial charge is 0.573 e. The van der Waals surface area contributed by atoms with Crippen molar-refractivity contribution in [1.29, 1.82) is 0 Å². The number of aromatic nitrogens is 2. The lowest BCUT2D eigenvalue weighted by molar-refractivity contribution is -0.274. The van der Waals surface area contributed by atoms with E-state index in [1.807, 2.05) is 13.8 Å². The molecule has 0 N–H and O–H groups in total. The molecule has 0 atom stereocenters. The van der Waals surface area contributed by atoms with Gasteiger partial charge in [-0.25, -0.2) is 9.48 Å². The summed E-state index contributed by atoms with van der Waals surface area (Å²) in [7, 11) is 0. The van der Waals surface area contributed by atoms with Crippen LogP contribution in [0.5, 0.6) is 5.75 Å². The van der Waals surface area contributed by atoms with Gasteiger partial charge in [0.15, 0.2) is 5.82 Å². The number of carbonyl (C=O) groups is 2. The zero-order valence-corrected chi connectivity index (χ0v) is 19.8. The third kappa shape index (κ3) is 6.09. The number of hydrogen-bond donors (Lipinski definition) is 0. The van der Waals surface area contributed by atoms with Crippen molar-refractivity contribution in [3.8, 4) is 11.4 Å². The number of benzene rings is 1. The maximum Gasteiger partial charge on any atom is 0.573 e. The van der Waals surface area contributed by atoms with Crippen LogP contribution in [0.2, 0.25) is 0 Å². The van der Waals surface area contributed by atoms with Gasteiger partial charge in [-0.3, -0.25) is 9.69 Å². The Labute approximate surface area is 196 Å². The highest BCUT2D eigenvalue weighted by Gasteiger charge is 2.35. The predicted molar refractivity (Wildman–Crippen MR) is 120 cm³/mol. The summed E-state index contributed by atoms with van der Waals surface area (Å²) < 4.78 is 48.4. The predicted octanol–water partition coefficient (Wildman–Crippen LogP) is 5.52. The average molecular weight is 482 g/mol. The Hall–Kier alpha value is -3.04. The lowest BCUT2D eigenvalue weighted by Crippen LogP contribution is -2.43. The molecular weight excluding hydrogens is 451 g/mol. The number of amides is 1. The Morgan fingerprint density at radius 1 is 1.21 bits per heavy atom. The quantitative estimate of drug-likeness (QED) is 0.487. The number of rotatable bonds is 7. The number of esters is 1. The van der Waals surface area contributed by atoms with Crippen LogP contribution in [0.15, 0.2) is 30.5 Å². The van der Waals surface area contributed by atoms with Gasteiger partial charge in [-0.2, -0.15) is 0 Å². The summed E-state index contributed by atoms with van der Waals surface area (Å²) in [6.45, 7) is 7.60. The summed E-state index contributed by atoms with van der Waals surface area (Å²) in [4.78, 5) is 27.8. The lowest BCUT2D eigenvalue weighted by Gasteiger charge is -2.32. The number of anilines is 1. The van der Waals surface area contributed by atoms with E-state index in [4.69, 9.17) is 4.74 Å². The highest BCUT2D eigenvalue weighted by molar-refractivity contribution is 6.02. The molecular formula is C24H30F3N3O4. The standard InChI is InChI=1S/C24H30F3N3O4/c1-5-33-23(32)20-14-29(18-7-6-8-19(13-18)34-24(25,26)27)28-21(20)30(15(2)3)22(31)17-11-9-16(4)10-12-17/h6-8,13-17H,5,9-12H2,1-4H3. The van der Waals surface area contributed by atoms with E-state index in [0.717, 1.165) is 31.7 Å². The minimum absolute atomic E-state index is 0.0650. The molecule has 1 aromatic carbocycles. The van der Waals surface area contributed by atoms with Crippen LogP contribution in [-0.2, 0) is 9.53 Å². The molecule has 1 aliphatic rings. The minimum Gasteiger partial charge on any atom is -0.462 e. The van der Waals surface area contributed by atoms with Gasteiger partial charge in [0.25, 0.3) is 0 Å². The molecule has 0 radical (unpaired) electrons. The summed E-state index contributed by atoms with van der Waals surface area (Å²) in [5, 5.41) is 4.46. The Morgan fingerprint density at radius 2 is 1.88 bits per heavy atom. The summed E-state index contributed by atoms with van der Waals surface area (Å²) in [6, 6.07) is 4.93. The van der Waals surface area contributed by atoms with Crippen LogP contribution in [0.25, 0.3) is 5.69 Å². The van der Waals surface area contributed by atoms with Gasteiger partial charge in [0.05, 0.1) is 12.3 Å². The van der Waals surface area contributed by atoms with Crippen LogP contribution in [0.1, 0.15) is 63.7 Å². The van der Waals surface area contributed by atoms with Crippen molar-refractivity contribution in [3.63, 3.8) is 0 Å². The normalized spacial score (nSPS) is 18.6. The first-order valence-corrected chi connectivity index (χ1v) is 11.5. The van der Waals surface area contributed by atoms with Gasteiger partial charge < -0.3 is 9.47 Å². The van der Waals surface area contributed by atoms with Crippen LogP contribution < -0.4 is 9.64 Å². The molecule has 34 heavy (non-hydrogen) atoms. The molecule has 0 saturated heterocycles. The van der Waals surface area contributed by atoms with Crippen LogP contribution in [0, 0.1) is 11.8 Å². The van der Waals surface area contributed by atoms with Gasteiger partial charge >= 0.3 is 12.3 Å². The fraction of sp³-hybridized carbons (Fsp3) is 0.542. The highest BCUT2D eigenvalue weighted by Crippen LogP contribution is 2.33. The molecule has 1 saturated carbocycles. The molecule has 1 fully saturated rings. The van der Waals surface area contributed by atoms with Crippen molar-refractivity contribution < 1.29 is 32.2 Å². The fourth-order valence-electron chi connectivity index (χ4n) is 4.16. The average Bonchev–Trinajstić information content (AvgIpc) is 3.18. The molecule has 0 aliphatic heterocycles. The monoisotopic (exact) mass is 481 g/mol. The maximum absolute atomic E-state index is 13.5. The third-order valence-corrected chi connectivity index (χ3v) is 5.85. The molecule has 7 nitrogen and oxygen atoms in total. The number of alkyl halides is 3. The van der Waals surface area contributed by atoms with Gasteiger partial charge in [0.1, 0.15) is 11.3 Å². The van der Waals surface area contributed by atoms with E-state index in [9.17, 15) is 22.8 Å². The first-order chi connectivity index (χ1) is 16.0. The van der Waals surface area contributed by atoms with Crippen molar-refractivity contribution in [2.75, 3.05) is 11.5 Å². The van der Waals surface area contributed by atoms with E-state index in [1.165, 1.54) is 34.0 Å². The Kier molecular flexibility index (Phi) is 7.89. The van der Waals surface area contributed by atoms with Gasteiger partial charge in [0, 0.05) is 24.2 Å². The molecule has 2 aromatic rings. The maximum atomic E-state index is 13.5. The zero-order chi connectivity index (χ0) is 25.0. The van der Waals surface area contributed by atoms with Crippen LogP contribution in [0.3, 0.4) is 0 Å². The Bertz CT molecular complexity index is 1010. The topological polar surface area (TPSA) is 73.7 Å². The van der Waals surface area contributed by atoms with E-state index in [1.54, 1.807) is 6.92 Å². The van der Waals surface area contributed by atoms with Gasteiger partial charge in [-0.05, 0) is 64.5 Å². The van der Waals surface area contributed by atoms with Crippen molar-refractivity contribution in [3.05, 3.63) is 36.0 Å². The smallest absolute Gasteiger partial charge is 0.462 e. The van der Waals surface area contributed by atoms with Gasteiger partial charge in [-0.15, -0.1) is 18.3 Å². The Balaban J connectivity index is 2.02. The number of halogens is 3. The molecule has 0 bridgehead atoms. The lowest BCUT2D eigenvalue weighted by atomic mass is 9.82. The van der Waals surface area contributed by atoms with Crippen LogP contribution >= 0.6 is 0 Å². The first kappa shape index (κ1) is 25.6. The van der Waals surface area contributed by atoms with E-state index in [2.05, 4.69) is 16.8 Å². The van der Waals surface area contributed by atoms with Gasteiger partial charge in [-0.1, -0.05) is 13.0 Å². The Morgan fingerprint density at radius 3 is 2.47 bits per heavy atom. The van der Waals surface area contributed by atoms with Gasteiger partial charge in [0.2, 0.25) is 5.91 Å². The van der Waals surface area contributed by atoms with Crippen molar-refractivity contribution in [1.82, 2.24) is 9.78 Å². The van der Waals surface area contributed by atoms with Crippen LogP contribution in [0.4, 0.5) is 19.0 Å². The summed E-state index contributed by atoms with van der Waals surface area (Å²) in [6.07, 6.45) is -0.0556. The highest BCUT2D eigenvalue weighted by atomic mass is 19.4. The second-order valence-electron chi connectivity index (χ2n) is 8.84. The van der Waals surface area contributed by atoms with Crippen molar-refractivity contribution >= 4 is 17.7 Å². The molecule has 1 heterocycles. The zero-order valence-electron chi connectivity index (χ0n) is 19.8. The second kappa shape index (κ2) is 10.5. The second-order valence-corrected chi connectivity index (χ2v) is 8.84. The first-order valence-electron chi connectivity index (χ1n) is 11.5. The molecule has 186 valence electrons. The molecule has 3 rings (SSSR count). The number of ether oxygens (including phenoxy) is 2. The summed E-state index contributed by atoms with van der Waals surface area (Å²) in [5.41, 5.74) is 0.302. The fourth-order valence-corrected chi connectivity index (χ4v) is 4.16. The molecule has 1 aromatic heterocycles. The van der Waals surface area contributed by atoms with E-state index in [-0.39, 0.29) is 41.5 Å². The molecule has 0 spiro atoms. The SMILES string of the molecule is CCOC(=O)c1cn(-c2cccc(OC(F)(F)F)c2)nc1N(C(=O)C1CCC(C)CC1)C(C)C. The molecule has 10 heteroatoms. The van der Waals surface area contributed by atoms with E-state index < -0.39 is 18.1 Å². The molecule has 1 aliphatic carbocycles. The molecule has 0 unspecified atom stereocenters. The number of nitrogens with zero attached hydrogens (tertiary/aromatic N) is 3. The minimum atomic E-state index is -4.84.